The average molecular weight is 930 g/mol. The van der Waals surface area contributed by atoms with Gasteiger partial charge in [0.1, 0.15) is 0 Å². The van der Waals surface area contributed by atoms with E-state index >= 15 is 0 Å². The van der Waals surface area contributed by atoms with Crippen molar-refractivity contribution in [2.45, 2.75) is 207 Å². The molecule has 1 aliphatic rings. The van der Waals surface area contributed by atoms with Crippen molar-refractivity contribution in [2.24, 2.45) is 17.8 Å². The number of ether oxygens (including phenoxy) is 2. The largest absolute Gasteiger partial charge is 0.414 e. The fourth-order valence-corrected chi connectivity index (χ4v) is 21.2. The molecule has 1 unspecified atom stereocenters. The Hall–Kier alpha value is -2.15. The van der Waals surface area contributed by atoms with E-state index in [0.29, 0.717) is 13.2 Å². The molecule has 0 radical (unpaired) electrons. The van der Waals surface area contributed by atoms with Crippen LogP contribution in [0.2, 0.25) is 41.3 Å². The van der Waals surface area contributed by atoms with Crippen LogP contribution in [0.3, 0.4) is 0 Å². The number of allylic oxidation sites excluding steroid dienone is 1. The van der Waals surface area contributed by atoms with Crippen molar-refractivity contribution in [3.05, 3.63) is 109 Å². The van der Waals surface area contributed by atoms with E-state index in [1.165, 1.54) is 15.9 Å². The van der Waals surface area contributed by atoms with Crippen LogP contribution in [0, 0.1) is 17.8 Å². The summed E-state index contributed by atoms with van der Waals surface area (Å²) < 4.78 is 36.5. The van der Waals surface area contributed by atoms with Crippen LogP contribution in [0.4, 0.5) is 0 Å². The summed E-state index contributed by atoms with van der Waals surface area (Å²) in [7, 11) is -6.57. The molecule has 8 heteroatoms. The predicted molar refractivity (Wildman–Crippen MR) is 281 cm³/mol. The van der Waals surface area contributed by atoms with Crippen LogP contribution < -0.4 is 10.4 Å². The lowest BCUT2D eigenvalue weighted by molar-refractivity contribution is -0.0697. The monoisotopic (exact) mass is 929 g/mol. The molecule has 1 aliphatic heterocycles. The average Bonchev–Trinajstić information content (AvgIpc) is 3.83. The normalized spacial score (nSPS) is 19.4. The zero-order valence-electron chi connectivity index (χ0n) is 42.9. The van der Waals surface area contributed by atoms with Crippen molar-refractivity contribution in [2.75, 3.05) is 6.61 Å². The molecule has 0 aromatic heterocycles. The molecule has 0 bridgehead atoms. The van der Waals surface area contributed by atoms with E-state index in [1.807, 2.05) is 0 Å². The Bertz CT molecular complexity index is 1670. The summed E-state index contributed by atoms with van der Waals surface area (Å²) in [6.45, 7) is 32.1. The maximum atomic E-state index is 7.73. The molecular weight excluding hydrogens is 837 g/mol. The molecule has 1 saturated heterocycles. The fraction of sp³-hybridized carbons (Fsp3) is 0.643. The van der Waals surface area contributed by atoms with Gasteiger partial charge in [-0.3, -0.25) is 0 Å². The molecule has 358 valence electrons. The van der Waals surface area contributed by atoms with Gasteiger partial charge in [-0.1, -0.05) is 200 Å². The van der Waals surface area contributed by atoms with Crippen molar-refractivity contribution >= 4 is 35.3 Å². The topological polar surface area (TPSA) is 46.2 Å². The molecule has 3 aromatic carbocycles. The Morgan fingerprint density at radius 3 is 1.66 bits per heavy atom. The molecule has 0 aliphatic carbocycles. The highest BCUT2D eigenvalue weighted by molar-refractivity contribution is 6.99. The van der Waals surface area contributed by atoms with E-state index in [9.17, 15) is 0 Å². The second-order valence-corrected chi connectivity index (χ2v) is 34.1. The lowest BCUT2D eigenvalue weighted by Crippen LogP contribution is -2.67. The van der Waals surface area contributed by atoms with E-state index in [4.69, 9.17) is 22.8 Å². The molecular formula is C56H92O5Si3. The fourth-order valence-electron chi connectivity index (χ4n) is 10.6. The Kier molecular flexibility index (Phi) is 22.5. The van der Waals surface area contributed by atoms with Gasteiger partial charge >= 0.3 is 0 Å². The van der Waals surface area contributed by atoms with Crippen LogP contribution in [0.1, 0.15) is 134 Å². The van der Waals surface area contributed by atoms with Gasteiger partial charge in [0.2, 0.25) is 0 Å². The minimum Gasteiger partial charge on any atom is -0.414 e. The molecule has 3 aromatic rings. The van der Waals surface area contributed by atoms with Gasteiger partial charge in [0.25, 0.3) is 8.32 Å². The molecule has 64 heavy (non-hydrogen) atoms. The molecule has 5 nitrogen and oxygen atoms in total. The third kappa shape index (κ3) is 14.2. The second kappa shape index (κ2) is 26.4. The van der Waals surface area contributed by atoms with Crippen molar-refractivity contribution in [1.82, 2.24) is 0 Å². The van der Waals surface area contributed by atoms with Crippen LogP contribution in [0.5, 0.6) is 0 Å². The highest BCUT2D eigenvalue weighted by Crippen LogP contribution is 2.41. The molecule has 1 fully saturated rings. The van der Waals surface area contributed by atoms with E-state index in [1.54, 1.807) is 0 Å². The highest BCUT2D eigenvalue weighted by Gasteiger charge is 2.51. The van der Waals surface area contributed by atoms with E-state index in [0.717, 1.165) is 74.8 Å². The van der Waals surface area contributed by atoms with Crippen molar-refractivity contribution in [3.8, 4) is 0 Å². The Morgan fingerprint density at radius 1 is 0.656 bits per heavy atom. The van der Waals surface area contributed by atoms with Gasteiger partial charge in [-0.05, 0) is 89.3 Å². The lowest BCUT2D eigenvalue weighted by Gasteiger charge is -2.45. The Labute approximate surface area is 396 Å². The first-order chi connectivity index (χ1) is 30.7. The maximum absolute atomic E-state index is 7.73. The van der Waals surface area contributed by atoms with Crippen LogP contribution in [0.15, 0.2) is 103 Å². The minimum absolute atomic E-state index is 0.0620. The van der Waals surface area contributed by atoms with Gasteiger partial charge in [-0.2, -0.15) is 0 Å². The Balaban J connectivity index is 1.58. The van der Waals surface area contributed by atoms with E-state index in [2.05, 4.69) is 193 Å². The SMILES string of the molecule is CCCC(/C=C/CC[C@@H](O[Si](CC)(CC)CC)[C@H](C)[C@H](O[Si](CC)(CC)CC)[C@@H](C)[C@@H]1CC[C@H]([C@@H](C)CO[Si](c2ccccc2)(c2ccccc2)C(C)(C)C)O1)OCc1ccccc1. The van der Waals surface area contributed by atoms with Gasteiger partial charge < -0.3 is 22.8 Å². The van der Waals surface area contributed by atoms with Gasteiger partial charge in [0, 0.05) is 24.4 Å². The molecule has 8 atom stereocenters. The van der Waals surface area contributed by atoms with Crippen LogP contribution >= 0.6 is 0 Å². The number of hydrogen-bond donors (Lipinski definition) is 0. The third-order valence-corrected chi connectivity index (χ3v) is 29.7. The van der Waals surface area contributed by atoms with Crippen molar-refractivity contribution in [1.29, 1.82) is 0 Å². The van der Waals surface area contributed by atoms with Crippen LogP contribution in [0.25, 0.3) is 0 Å². The number of hydrogen-bond acceptors (Lipinski definition) is 5. The number of rotatable bonds is 29. The lowest BCUT2D eigenvalue weighted by atomic mass is 9.84. The smallest absolute Gasteiger partial charge is 0.261 e. The molecule has 1 heterocycles. The first kappa shape index (κ1) is 54.5. The summed E-state index contributed by atoms with van der Waals surface area (Å²) in [4.78, 5) is 0. The first-order valence-electron chi connectivity index (χ1n) is 25.8. The standard InChI is InChI=1S/C56H92O5Si3/c1-14-32-49(57-44-48-33-24-21-25-34-48)35-30-31-40-54(60-62(15-2,16-3)17-4)47(10)55(61-63(18-5,19-6)20-7)46(9)53-42-41-52(59-53)45(8)43-58-64(56(11,12)13,50-36-26-22-27-37-50)51-38-28-23-29-39-51/h21-30,33-39,45-47,49,52-55H,14-20,31-32,40-44H2,1-13H3/b35-30+/t45-,46-,47-,49?,52+,53-,54+,55+/m0/s1. The van der Waals surface area contributed by atoms with Crippen molar-refractivity contribution in [3.63, 3.8) is 0 Å². The van der Waals surface area contributed by atoms with E-state index < -0.39 is 25.0 Å². The number of benzene rings is 3. The maximum Gasteiger partial charge on any atom is 0.261 e. The quantitative estimate of drug-likeness (QED) is 0.0513. The molecule has 0 N–H and O–H groups in total. The Morgan fingerprint density at radius 2 is 1.16 bits per heavy atom. The molecule has 4 rings (SSSR count). The highest BCUT2D eigenvalue weighted by atomic mass is 28.4. The van der Waals surface area contributed by atoms with Gasteiger partial charge in [-0.25, -0.2) is 0 Å². The molecule has 0 spiro atoms. The summed E-state index contributed by atoms with van der Waals surface area (Å²) in [6.07, 6.45) is 11.4. The summed E-state index contributed by atoms with van der Waals surface area (Å²) >= 11 is 0. The van der Waals surface area contributed by atoms with E-state index in [-0.39, 0.29) is 53.3 Å². The summed E-state index contributed by atoms with van der Waals surface area (Å²) in [5.41, 5.74) is 1.22. The van der Waals surface area contributed by atoms with Crippen molar-refractivity contribution < 1.29 is 22.8 Å². The van der Waals surface area contributed by atoms with Gasteiger partial charge in [0.05, 0.1) is 37.1 Å². The predicted octanol–water partition coefficient (Wildman–Crippen LogP) is 14.5. The summed E-state index contributed by atoms with van der Waals surface area (Å²) in [5, 5.41) is 2.60. The summed E-state index contributed by atoms with van der Waals surface area (Å²) in [5.74, 6) is 0.729. The third-order valence-electron chi connectivity index (χ3n) is 15.4. The van der Waals surface area contributed by atoms with Crippen LogP contribution in [-0.4, -0.2) is 62.1 Å². The zero-order chi connectivity index (χ0) is 46.8. The minimum atomic E-state index is -2.65. The summed E-state index contributed by atoms with van der Waals surface area (Å²) in [6, 6.07) is 39.5. The van der Waals surface area contributed by atoms with Gasteiger partial charge in [0.15, 0.2) is 16.6 Å². The molecule has 0 amide bonds. The second-order valence-electron chi connectivity index (χ2n) is 20.3. The van der Waals surface area contributed by atoms with Gasteiger partial charge in [-0.15, -0.1) is 0 Å². The first-order valence-corrected chi connectivity index (χ1v) is 32.8. The van der Waals surface area contributed by atoms with Crippen LogP contribution in [-0.2, 0) is 29.4 Å². The zero-order valence-corrected chi connectivity index (χ0v) is 45.9. The molecule has 0 saturated carbocycles.